The molecule has 1 aromatic rings. The summed E-state index contributed by atoms with van der Waals surface area (Å²) in [5, 5.41) is 5.31. The molecule has 0 radical (unpaired) electrons. The Morgan fingerprint density at radius 3 is 2.22 bits per heavy atom. The van der Waals surface area contributed by atoms with Crippen LogP contribution < -0.4 is 10.6 Å². The maximum atomic E-state index is 14.0. The Balaban J connectivity index is 3.46. The number of hydrogen-bond donors (Lipinski definition) is 2. The minimum atomic E-state index is -0.998. The highest BCUT2D eigenvalue weighted by atomic mass is 16.6. The number of carbonyl (C=O) groups is 4. The lowest BCUT2D eigenvalue weighted by Crippen LogP contribution is -2.55. The molecule has 0 aliphatic carbocycles. The lowest BCUT2D eigenvalue weighted by molar-refractivity contribution is -0.145. The van der Waals surface area contributed by atoms with Gasteiger partial charge in [-0.3, -0.25) is 14.4 Å². The maximum absolute atomic E-state index is 14.0. The lowest BCUT2D eigenvalue weighted by atomic mass is 9.96. The highest BCUT2D eigenvalue weighted by molar-refractivity contribution is 5.93. The first-order valence-electron chi connectivity index (χ1n) is 12.5. The van der Waals surface area contributed by atoms with Crippen LogP contribution in [0.5, 0.6) is 0 Å². The van der Waals surface area contributed by atoms with Crippen molar-refractivity contribution in [2.24, 2.45) is 5.92 Å². The first kappa shape index (κ1) is 30.9. The van der Waals surface area contributed by atoms with Gasteiger partial charge in [0.15, 0.2) is 0 Å². The van der Waals surface area contributed by atoms with Crippen molar-refractivity contribution < 1.29 is 28.7 Å². The number of rotatable bonds is 12. The van der Waals surface area contributed by atoms with Crippen molar-refractivity contribution in [2.45, 2.75) is 85.4 Å². The summed E-state index contributed by atoms with van der Waals surface area (Å²) in [7, 11) is 1.24. The fourth-order valence-electron chi connectivity index (χ4n) is 3.70. The van der Waals surface area contributed by atoms with Crippen LogP contribution in [0.15, 0.2) is 24.3 Å². The molecule has 202 valence electrons. The Labute approximate surface area is 215 Å². The van der Waals surface area contributed by atoms with Crippen LogP contribution in [0.1, 0.15) is 78.0 Å². The van der Waals surface area contributed by atoms with Gasteiger partial charge in [-0.15, -0.1) is 0 Å². The zero-order valence-electron chi connectivity index (χ0n) is 23.0. The number of carbonyl (C=O) groups excluding carboxylic acids is 4. The van der Waals surface area contributed by atoms with Gasteiger partial charge in [0.2, 0.25) is 11.8 Å². The fourth-order valence-corrected chi connectivity index (χ4v) is 3.70. The molecule has 0 aliphatic heterocycles. The number of esters is 1. The van der Waals surface area contributed by atoms with E-state index in [1.165, 1.54) is 12.0 Å². The van der Waals surface area contributed by atoms with Crippen LogP contribution in [0, 0.1) is 12.8 Å². The molecule has 0 saturated carbocycles. The number of unbranched alkanes of at least 4 members (excludes halogenated alkanes) is 2. The lowest BCUT2D eigenvalue weighted by Gasteiger charge is -2.36. The SMILES string of the molecule is CCCCCN(C(=O)C(NC(=O)OC(C)(C)C)C(C)C)C(C(=O)NCC(=O)OC)c1ccccc1C. The molecule has 0 heterocycles. The van der Waals surface area contributed by atoms with E-state index >= 15 is 0 Å². The quantitative estimate of drug-likeness (QED) is 0.329. The van der Waals surface area contributed by atoms with E-state index in [0.29, 0.717) is 18.5 Å². The first-order valence-corrected chi connectivity index (χ1v) is 12.5. The number of nitrogens with zero attached hydrogens (tertiary/aromatic N) is 1. The Bertz CT molecular complexity index is 894. The number of methoxy groups -OCH3 is 1. The van der Waals surface area contributed by atoms with Crippen molar-refractivity contribution in [3.05, 3.63) is 35.4 Å². The summed E-state index contributed by atoms with van der Waals surface area (Å²) in [6, 6.07) is 5.40. The summed E-state index contributed by atoms with van der Waals surface area (Å²) >= 11 is 0. The number of aryl methyl sites for hydroxylation is 1. The number of hydrogen-bond acceptors (Lipinski definition) is 6. The van der Waals surface area contributed by atoms with Crippen molar-refractivity contribution in [1.82, 2.24) is 15.5 Å². The molecule has 9 heteroatoms. The number of benzene rings is 1. The van der Waals surface area contributed by atoms with E-state index < -0.39 is 41.6 Å². The number of alkyl carbamates (subject to hydrolysis) is 1. The van der Waals surface area contributed by atoms with E-state index in [1.54, 1.807) is 32.9 Å². The third-order valence-corrected chi connectivity index (χ3v) is 5.57. The second-order valence-corrected chi connectivity index (χ2v) is 10.2. The second kappa shape index (κ2) is 14.5. The van der Waals surface area contributed by atoms with Crippen LogP contribution in [0.25, 0.3) is 0 Å². The molecule has 1 aromatic carbocycles. The van der Waals surface area contributed by atoms with Crippen molar-refractivity contribution >= 4 is 23.9 Å². The third-order valence-electron chi connectivity index (χ3n) is 5.57. The summed E-state index contributed by atoms with van der Waals surface area (Å²) in [6.45, 7) is 12.8. The maximum Gasteiger partial charge on any atom is 0.408 e. The fraction of sp³-hybridized carbons (Fsp3) is 0.630. The Morgan fingerprint density at radius 1 is 1.06 bits per heavy atom. The van der Waals surface area contributed by atoms with E-state index in [0.717, 1.165) is 18.4 Å². The summed E-state index contributed by atoms with van der Waals surface area (Å²) in [6.07, 6.45) is 1.76. The molecule has 0 spiro atoms. The average Bonchev–Trinajstić information content (AvgIpc) is 2.79. The Hall–Kier alpha value is -3.10. The predicted molar refractivity (Wildman–Crippen MR) is 138 cm³/mol. The van der Waals surface area contributed by atoms with Gasteiger partial charge in [-0.05, 0) is 51.2 Å². The standard InChI is InChI=1S/C27H43N3O6/c1-9-10-13-16-30(25(33)22(18(2)3)29-26(34)36-27(5,6)7)23(20-15-12-11-14-19(20)4)24(32)28-17-21(31)35-8/h11-12,14-15,18,22-23H,9-10,13,16-17H2,1-8H3,(H,28,32)(H,29,34). The molecule has 2 N–H and O–H groups in total. The molecular weight excluding hydrogens is 462 g/mol. The van der Waals surface area contributed by atoms with Crippen LogP contribution in [0.3, 0.4) is 0 Å². The van der Waals surface area contributed by atoms with Crippen LogP contribution in [0.2, 0.25) is 0 Å². The molecule has 9 nitrogen and oxygen atoms in total. The van der Waals surface area contributed by atoms with E-state index in [9.17, 15) is 19.2 Å². The number of nitrogens with one attached hydrogen (secondary N) is 2. The van der Waals surface area contributed by atoms with Gasteiger partial charge in [0, 0.05) is 6.54 Å². The summed E-state index contributed by atoms with van der Waals surface area (Å²) in [5.74, 6) is -1.76. The average molecular weight is 506 g/mol. The minimum absolute atomic E-state index is 0.269. The monoisotopic (exact) mass is 505 g/mol. The van der Waals surface area contributed by atoms with Gasteiger partial charge in [0.1, 0.15) is 24.2 Å². The molecule has 2 atom stereocenters. The Morgan fingerprint density at radius 2 is 1.69 bits per heavy atom. The van der Waals surface area contributed by atoms with Gasteiger partial charge in [0.05, 0.1) is 7.11 Å². The molecule has 0 fully saturated rings. The molecule has 0 aromatic heterocycles. The van der Waals surface area contributed by atoms with E-state index in [2.05, 4.69) is 22.3 Å². The van der Waals surface area contributed by atoms with Gasteiger partial charge in [0.25, 0.3) is 0 Å². The van der Waals surface area contributed by atoms with Gasteiger partial charge >= 0.3 is 12.1 Å². The molecular formula is C27H43N3O6. The van der Waals surface area contributed by atoms with Crippen LogP contribution in [-0.4, -0.2) is 60.6 Å². The van der Waals surface area contributed by atoms with Crippen molar-refractivity contribution in [2.75, 3.05) is 20.2 Å². The molecule has 3 amide bonds. The molecule has 0 saturated heterocycles. The summed E-state index contributed by atoms with van der Waals surface area (Å²) < 4.78 is 10.0. The van der Waals surface area contributed by atoms with Crippen LogP contribution in [-0.2, 0) is 23.9 Å². The molecule has 0 bridgehead atoms. The van der Waals surface area contributed by atoms with Gasteiger partial charge in [-0.2, -0.15) is 0 Å². The molecule has 2 unspecified atom stereocenters. The Kier molecular flexibility index (Phi) is 12.4. The normalized spacial score (nSPS) is 12.9. The van der Waals surface area contributed by atoms with Crippen molar-refractivity contribution in [3.63, 3.8) is 0 Å². The molecule has 36 heavy (non-hydrogen) atoms. The largest absolute Gasteiger partial charge is 0.468 e. The van der Waals surface area contributed by atoms with Gasteiger partial charge < -0.3 is 25.0 Å². The molecule has 0 aliphatic rings. The van der Waals surface area contributed by atoms with Gasteiger partial charge in [-0.25, -0.2) is 4.79 Å². The predicted octanol–water partition coefficient (Wildman–Crippen LogP) is 3.89. The summed E-state index contributed by atoms with van der Waals surface area (Å²) in [4.78, 5) is 53.2. The summed E-state index contributed by atoms with van der Waals surface area (Å²) in [5.41, 5.74) is 0.738. The second-order valence-electron chi connectivity index (χ2n) is 10.2. The van der Waals surface area contributed by atoms with E-state index in [-0.39, 0.29) is 12.5 Å². The highest BCUT2D eigenvalue weighted by Crippen LogP contribution is 2.27. The smallest absolute Gasteiger partial charge is 0.408 e. The van der Waals surface area contributed by atoms with Crippen LogP contribution >= 0.6 is 0 Å². The molecule has 1 rings (SSSR count). The number of ether oxygens (including phenoxy) is 2. The zero-order valence-corrected chi connectivity index (χ0v) is 23.0. The number of amides is 3. The topological polar surface area (TPSA) is 114 Å². The zero-order chi connectivity index (χ0) is 27.5. The van der Waals surface area contributed by atoms with Gasteiger partial charge in [-0.1, -0.05) is 57.9 Å². The van der Waals surface area contributed by atoms with Crippen LogP contribution in [0.4, 0.5) is 4.79 Å². The minimum Gasteiger partial charge on any atom is -0.468 e. The van der Waals surface area contributed by atoms with E-state index in [1.807, 2.05) is 32.9 Å². The third kappa shape index (κ3) is 9.87. The van der Waals surface area contributed by atoms with Crippen molar-refractivity contribution in [3.8, 4) is 0 Å². The highest BCUT2D eigenvalue weighted by Gasteiger charge is 2.37. The first-order chi connectivity index (χ1) is 16.8. The van der Waals surface area contributed by atoms with E-state index in [4.69, 9.17) is 4.74 Å². The van der Waals surface area contributed by atoms with Crippen molar-refractivity contribution in [1.29, 1.82) is 0 Å².